The fourth-order valence-electron chi connectivity index (χ4n) is 1.65. The van der Waals surface area contributed by atoms with Gasteiger partial charge < -0.3 is 15.3 Å². The number of rotatable bonds is 3. The lowest BCUT2D eigenvalue weighted by atomic mass is 9.93. The third-order valence-corrected chi connectivity index (χ3v) is 2.59. The van der Waals surface area contributed by atoms with Crippen molar-refractivity contribution in [3.05, 3.63) is 34.3 Å². The first-order valence-electron chi connectivity index (χ1n) is 5.03. The summed E-state index contributed by atoms with van der Waals surface area (Å²) in [7, 11) is 0. The smallest absolute Gasteiger partial charge is 0.417 e. The van der Waals surface area contributed by atoms with Crippen LogP contribution in [0.2, 0.25) is 0 Å². The van der Waals surface area contributed by atoms with Crippen LogP contribution in [0.1, 0.15) is 12.5 Å². The third kappa shape index (κ3) is 2.07. The quantitative estimate of drug-likeness (QED) is 0.717. The molecule has 1 aromatic heterocycles. The van der Waals surface area contributed by atoms with Crippen molar-refractivity contribution in [3.8, 4) is 0 Å². The number of fused-ring (bicyclic) bond motifs is 1. The first-order valence-corrected chi connectivity index (χ1v) is 5.03. The van der Waals surface area contributed by atoms with Gasteiger partial charge in [0.1, 0.15) is 5.54 Å². The third-order valence-electron chi connectivity index (χ3n) is 2.59. The van der Waals surface area contributed by atoms with Crippen molar-refractivity contribution in [2.45, 2.75) is 18.9 Å². The minimum absolute atomic E-state index is 0.106. The molecule has 2 rings (SSSR count). The maximum absolute atomic E-state index is 11.1. The summed E-state index contributed by atoms with van der Waals surface area (Å²) in [4.78, 5) is 24.5. The normalized spacial score (nSPS) is 14.7. The summed E-state index contributed by atoms with van der Waals surface area (Å²) in [5, 5.41) is 8.96. The van der Waals surface area contributed by atoms with Gasteiger partial charge in [0, 0.05) is 6.42 Å². The molecular weight excluding hydrogens is 224 g/mol. The van der Waals surface area contributed by atoms with E-state index in [4.69, 9.17) is 15.3 Å². The number of benzene rings is 1. The molecule has 1 heterocycles. The molecule has 6 heteroatoms. The first kappa shape index (κ1) is 11.4. The largest absolute Gasteiger partial charge is 0.480 e. The van der Waals surface area contributed by atoms with Crippen LogP contribution in [-0.4, -0.2) is 21.6 Å². The Kier molecular flexibility index (Phi) is 2.51. The van der Waals surface area contributed by atoms with Crippen LogP contribution in [0.4, 0.5) is 0 Å². The molecule has 0 amide bonds. The standard InChI is InChI=1S/C11H12N2O4/c1-11(12,9(14)15)5-6-3-2-4-7-8(6)13-10(16)17-7/h2-4H,5,12H2,1H3,(H,13,16)(H,14,15)/t11-/m0/s1. The SMILES string of the molecule is C[C@](N)(Cc1cccc2oc(=O)[nH]c12)C(=O)O. The van der Waals surface area contributed by atoms with Gasteiger partial charge in [-0.25, -0.2) is 4.79 Å². The van der Waals surface area contributed by atoms with Crippen molar-refractivity contribution in [2.24, 2.45) is 5.73 Å². The second kappa shape index (κ2) is 3.74. The lowest BCUT2D eigenvalue weighted by Crippen LogP contribution is -2.46. The number of carboxylic acids is 1. The molecule has 0 spiro atoms. The number of nitrogens with one attached hydrogen (secondary N) is 1. The van der Waals surface area contributed by atoms with E-state index in [1.54, 1.807) is 18.2 Å². The number of carbonyl (C=O) groups is 1. The van der Waals surface area contributed by atoms with Gasteiger partial charge in [-0.05, 0) is 18.6 Å². The number of aromatic amines is 1. The minimum Gasteiger partial charge on any atom is -0.480 e. The van der Waals surface area contributed by atoms with Gasteiger partial charge in [-0.2, -0.15) is 0 Å². The number of hydrogen-bond acceptors (Lipinski definition) is 4. The summed E-state index contributed by atoms with van der Waals surface area (Å²) in [5.74, 6) is -1.66. The van der Waals surface area contributed by atoms with Crippen molar-refractivity contribution in [2.75, 3.05) is 0 Å². The second-order valence-corrected chi connectivity index (χ2v) is 4.20. The van der Waals surface area contributed by atoms with Crippen molar-refractivity contribution in [1.82, 2.24) is 4.98 Å². The molecule has 0 fully saturated rings. The molecule has 0 aliphatic rings. The van der Waals surface area contributed by atoms with Crippen LogP contribution >= 0.6 is 0 Å². The minimum atomic E-state index is -1.39. The number of aromatic nitrogens is 1. The van der Waals surface area contributed by atoms with Crippen molar-refractivity contribution >= 4 is 17.1 Å². The van der Waals surface area contributed by atoms with Crippen LogP contribution in [0, 0.1) is 0 Å². The Balaban J connectivity index is 2.49. The Morgan fingerprint density at radius 1 is 1.59 bits per heavy atom. The predicted octanol–water partition coefficient (Wildman–Crippen LogP) is 0.466. The molecule has 0 aliphatic heterocycles. The highest BCUT2D eigenvalue weighted by molar-refractivity contribution is 5.81. The van der Waals surface area contributed by atoms with Gasteiger partial charge in [-0.1, -0.05) is 12.1 Å². The lowest BCUT2D eigenvalue weighted by Gasteiger charge is -2.19. The van der Waals surface area contributed by atoms with Gasteiger partial charge >= 0.3 is 11.7 Å². The Morgan fingerprint density at radius 2 is 2.29 bits per heavy atom. The van der Waals surface area contributed by atoms with Gasteiger partial charge in [-0.3, -0.25) is 9.78 Å². The van der Waals surface area contributed by atoms with Crippen LogP contribution in [0.25, 0.3) is 11.1 Å². The molecule has 1 atom stereocenters. The topological polar surface area (TPSA) is 109 Å². The second-order valence-electron chi connectivity index (χ2n) is 4.20. The highest BCUT2D eigenvalue weighted by atomic mass is 16.4. The summed E-state index contributed by atoms with van der Waals surface area (Å²) in [5.41, 5.74) is 5.81. The van der Waals surface area contributed by atoms with E-state index in [1.807, 2.05) is 0 Å². The van der Waals surface area contributed by atoms with Crippen LogP contribution in [0.15, 0.2) is 27.4 Å². The van der Waals surface area contributed by atoms with E-state index in [0.29, 0.717) is 16.7 Å². The Hall–Kier alpha value is -2.08. The number of nitrogens with two attached hydrogens (primary N) is 1. The zero-order chi connectivity index (χ0) is 12.6. The highest BCUT2D eigenvalue weighted by Gasteiger charge is 2.29. The summed E-state index contributed by atoms with van der Waals surface area (Å²) in [6, 6.07) is 5.03. The molecule has 1 aromatic carbocycles. The summed E-state index contributed by atoms with van der Waals surface area (Å²) >= 11 is 0. The van der Waals surface area contributed by atoms with E-state index in [1.165, 1.54) is 6.92 Å². The molecule has 6 nitrogen and oxygen atoms in total. The van der Waals surface area contributed by atoms with E-state index in [0.717, 1.165) is 0 Å². The van der Waals surface area contributed by atoms with Crippen LogP contribution in [0.3, 0.4) is 0 Å². The molecule has 4 N–H and O–H groups in total. The fourth-order valence-corrected chi connectivity index (χ4v) is 1.65. The molecular formula is C11H12N2O4. The van der Waals surface area contributed by atoms with Gasteiger partial charge in [0.05, 0.1) is 5.52 Å². The van der Waals surface area contributed by atoms with Crippen molar-refractivity contribution in [1.29, 1.82) is 0 Å². The Morgan fingerprint density at radius 3 is 2.94 bits per heavy atom. The predicted molar refractivity (Wildman–Crippen MR) is 60.8 cm³/mol. The van der Waals surface area contributed by atoms with E-state index in [9.17, 15) is 9.59 Å². The zero-order valence-corrected chi connectivity index (χ0v) is 9.19. The average Bonchev–Trinajstić information content (AvgIpc) is 2.59. The Bertz CT molecular complexity index is 624. The number of aliphatic carboxylic acids is 1. The summed E-state index contributed by atoms with van der Waals surface area (Å²) in [6.07, 6.45) is 0.106. The molecule has 0 bridgehead atoms. The fraction of sp³-hybridized carbons (Fsp3) is 0.273. The number of hydrogen-bond donors (Lipinski definition) is 3. The van der Waals surface area contributed by atoms with E-state index >= 15 is 0 Å². The van der Waals surface area contributed by atoms with Gasteiger partial charge in [0.25, 0.3) is 0 Å². The number of oxazole rings is 1. The van der Waals surface area contributed by atoms with E-state index in [2.05, 4.69) is 4.98 Å². The molecule has 0 saturated heterocycles. The number of para-hydroxylation sites is 1. The molecule has 17 heavy (non-hydrogen) atoms. The first-order chi connectivity index (χ1) is 7.90. The zero-order valence-electron chi connectivity index (χ0n) is 9.19. The van der Waals surface area contributed by atoms with E-state index < -0.39 is 17.3 Å². The molecule has 0 saturated carbocycles. The lowest BCUT2D eigenvalue weighted by molar-refractivity contribution is -0.142. The average molecular weight is 236 g/mol. The molecule has 0 unspecified atom stereocenters. The molecule has 0 radical (unpaired) electrons. The van der Waals surface area contributed by atoms with Gasteiger partial charge in [0.15, 0.2) is 5.58 Å². The van der Waals surface area contributed by atoms with Crippen LogP contribution in [-0.2, 0) is 11.2 Å². The summed E-state index contributed by atoms with van der Waals surface area (Å²) in [6.45, 7) is 1.42. The maximum Gasteiger partial charge on any atom is 0.417 e. The number of H-pyrrole nitrogens is 1. The summed E-state index contributed by atoms with van der Waals surface area (Å²) < 4.78 is 4.88. The highest BCUT2D eigenvalue weighted by Crippen LogP contribution is 2.19. The van der Waals surface area contributed by atoms with Gasteiger partial charge in [-0.15, -0.1) is 0 Å². The van der Waals surface area contributed by atoms with Crippen molar-refractivity contribution in [3.63, 3.8) is 0 Å². The van der Waals surface area contributed by atoms with Crippen LogP contribution in [0.5, 0.6) is 0 Å². The molecule has 2 aromatic rings. The van der Waals surface area contributed by atoms with Gasteiger partial charge in [0.2, 0.25) is 0 Å². The van der Waals surface area contributed by atoms with Crippen molar-refractivity contribution < 1.29 is 14.3 Å². The van der Waals surface area contributed by atoms with Crippen LogP contribution < -0.4 is 11.5 Å². The number of carboxylic acid groups (broad SMARTS) is 1. The Labute approximate surface area is 96.0 Å². The molecule has 90 valence electrons. The van der Waals surface area contributed by atoms with E-state index in [-0.39, 0.29) is 6.42 Å². The monoisotopic (exact) mass is 236 g/mol. The maximum atomic E-state index is 11.1. The molecule has 0 aliphatic carbocycles.